The zero-order valence-electron chi connectivity index (χ0n) is 10.5. The summed E-state index contributed by atoms with van der Waals surface area (Å²) < 4.78 is 30.5. The lowest BCUT2D eigenvalue weighted by Crippen LogP contribution is -2.57. The van der Waals surface area contributed by atoms with Crippen LogP contribution in [0.3, 0.4) is 0 Å². The quantitative estimate of drug-likeness (QED) is 0.818. The van der Waals surface area contributed by atoms with E-state index in [0.717, 1.165) is 0 Å². The average Bonchev–Trinajstić information content (AvgIpc) is 2.07. The monoisotopic (exact) mass is 265 g/mol. The van der Waals surface area contributed by atoms with E-state index < -0.39 is 41.8 Å². The first kappa shape index (κ1) is 14.7. The number of rotatable bonds is 3. The number of carboxylic acids is 1. The van der Waals surface area contributed by atoms with Gasteiger partial charge < -0.3 is 15.2 Å². The van der Waals surface area contributed by atoms with Crippen LogP contribution in [-0.4, -0.2) is 35.2 Å². The molecule has 18 heavy (non-hydrogen) atoms. The summed E-state index contributed by atoms with van der Waals surface area (Å²) in [5.74, 6) is -4.29. The van der Waals surface area contributed by atoms with Gasteiger partial charge in [-0.15, -0.1) is 0 Å². The van der Waals surface area contributed by atoms with Crippen LogP contribution in [0.4, 0.5) is 13.6 Å². The molecule has 1 aliphatic rings. The van der Waals surface area contributed by atoms with E-state index in [1.165, 1.54) is 0 Å². The zero-order chi connectivity index (χ0) is 14.2. The normalized spacial score (nSPS) is 20.7. The summed E-state index contributed by atoms with van der Waals surface area (Å²) in [4.78, 5) is 22.3. The molecule has 1 rings (SSSR count). The minimum Gasteiger partial charge on any atom is -0.481 e. The van der Waals surface area contributed by atoms with E-state index in [-0.39, 0.29) is 6.54 Å². The molecule has 1 amide bonds. The van der Waals surface area contributed by atoms with Crippen LogP contribution in [-0.2, 0) is 9.53 Å². The Balaban J connectivity index is 2.51. The third-order valence-corrected chi connectivity index (χ3v) is 2.62. The maximum atomic E-state index is 12.8. The van der Waals surface area contributed by atoms with E-state index in [9.17, 15) is 18.4 Å². The minimum atomic E-state index is -2.96. The molecule has 0 saturated heterocycles. The maximum absolute atomic E-state index is 12.8. The van der Waals surface area contributed by atoms with Crippen molar-refractivity contribution in [3.05, 3.63) is 0 Å². The summed E-state index contributed by atoms with van der Waals surface area (Å²) in [6, 6.07) is 0. The van der Waals surface area contributed by atoms with Crippen molar-refractivity contribution >= 4 is 12.1 Å². The fourth-order valence-corrected chi connectivity index (χ4v) is 1.85. The van der Waals surface area contributed by atoms with Gasteiger partial charge in [-0.1, -0.05) is 0 Å². The minimum absolute atomic E-state index is 0.354. The van der Waals surface area contributed by atoms with Gasteiger partial charge in [-0.2, -0.15) is 0 Å². The Kier molecular flexibility index (Phi) is 3.56. The van der Waals surface area contributed by atoms with Gasteiger partial charge in [0.05, 0.1) is 5.41 Å². The van der Waals surface area contributed by atoms with E-state index in [2.05, 4.69) is 5.32 Å². The number of carbonyl (C=O) groups is 2. The number of hydrogen-bond acceptors (Lipinski definition) is 3. The van der Waals surface area contributed by atoms with Crippen molar-refractivity contribution in [2.75, 3.05) is 6.54 Å². The second-order valence-corrected chi connectivity index (χ2v) is 5.65. The molecule has 0 aromatic heterocycles. The molecule has 7 heteroatoms. The molecular weight excluding hydrogens is 248 g/mol. The van der Waals surface area contributed by atoms with Gasteiger partial charge in [-0.3, -0.25) is 4.79 Å². The Labute approximate surface area is 103 Å². The molecule has 1 aliphatic carbocycles. The first-order chi connectivity index (χ1) is 7.96. The van der Waals surface area contributed by atoms with Gasteiger partial charge in [-0.05, 0) is 20.8 Å². The molecule has 0 bridgehead atoms. The predicted octanol–water partition coefficient (Wildman–Crippen LogP) is 2.01. The largest absolute Gasteiger partial charge is 0.481 e. The lowest BCUT2D eigenvalue weighted by molar-refractivity contribution is -0.192. The van der Waals surface area contributed by atoms with E-state index in [4.69, 9.17) is 9.84 Å². The molecule has 0 aromatic rings. The van der Waals surface area contributed by atoms with Crippen molar-refractivity contribution in [1.82, 2.24) is 5.32 Å². The average molecular weight is 265 g/mol. The molecule has 0 atom stereocenters. The third-order valence-electron chi connectivity index (χ3n) is 2.62. The first-order valence-corrected chi connectivity index (χ1v) is 5.54. The smallest absolute Gasteiger partial charge is 0.407 e. The number of halogens is 2. The molecule has 1 fully saturated rings. The van der Waals surface area contributed by atoms with Crippen molar-refractivity contribution in [3.63, 3.8) is 0 Å². The Bertz CT molecular complexity index is 355. The van der Waals surface area contributed by atoms with E-state index in [0.29, 0.717) is 0 Å². The molecule has 104 valence electrons. The van der Waals surface area contributed by atoms with Gasteiger partial charge in [0.2, 0.25) is 0 Å². The van der Waals surface area contributed by atoms with Gasteiger partial charge in [0.25, 0.3) is 5.92 Å². The number of carboxylic acid groups (broad SMARTS) is 1. The molecular formula is C11H17F2NO4. The van der Waals surface area contributed by atoms with Gasteiger partial charge in [-0.25, -0.2) is 13.6 Å². The molecule has 0 heterocycles. The van der Waals surface area contributed by atoms with Crippen LogP contribution in [0.2, 0.25) is 0 Å². The van der Waals surface area contributed by atoms with Crippen molar-refractivity contribution in [2.45, 2.75) is 45.1 Å². The molecule has 2 N–H and O–H groups in total. The van der Waals surface area contributed by atoms with Gasteiger partial charge >= 0.3 is 12.1 Å². The van der Waals surface area contributed by atoms with Crippen molar-refractivity contribution in [3.8, 4) is 0 Å². The van der Waals surface area contributed by atoms with Gasteiger partial charge in [0.1, 0.15) is 5.60 Å². The van der Waals surface area contributed by atoms with Crippen LogP contribution < -0.4 is 5.32 Å². The number of carbonyl (C=O) groups excluding carboxylic acids is 1. The Hall–Kier alpha value is -1.40. The number of alkyl halides is 2. The van der Waals surface area contributed by atoms with Crippen molar-refractivity contribution < 1.29 is 28.2 Å². The maximum Gasteiger partial charge on any atom is 0.407 e. The lowest BCUT2D eigenvalue weighted by atomic mass is 9.66. The lowest BCUT2D eigenvalue weighted by Gasteiger charge is -2.43. The molecule has 1 saturated carbocycles. The van der Waals surface area contributed by atoms with Crippen LogP contribution in [0.15, 0.2) is 0 Å². The summed E-state index contributed by atoms with van der Waals surface area (Å²) in [7, 11) is 0. The van der Waals surface area contributed by atoms with Crippen LogP contribution >= 0.6 is 0 Å². The second kappa shape index (κ2) is 4.37. The van der Waals surface area contributed by atoms with Crippen LogP contribution in [0, 0.1) is 5.41 Å². The summed E-state index contributed by atoms with van der Waals surface area (Å²) in [5.41, 5.74) is -2.30. The summed E-state index contributed by atoms with van der Waals surface area (Å²) in [6.07, 6.45) is -2.32. The topological polar surface area (TPSA) is 75.6 Å². The first-order valence-electron chi connectivity index (χ1n) is 5.54. The fraction of sp³-hybridized carbons (Fsp3) is 0.818. The van der Waals surface area contributed by atoms with Crippen molar-refractivity contribution in [2.24, 2.45) is 5.41 Å². The Morgan fingerprint density at radius 2 is 1.83 bits per heavy atom. The molecule has 5 nitrogen and oxygen atoms in total. The molecule has 0 radical (unpaired) electrons. The van der Waals surface area contributed by atoms with Crippen LogP contribution in [0.1, 0.15) is 33.6 Å². The molecule has 0 unspecified atom stereocenters. The highest BCUT2D eigenvalue weighted by Crippen LogP contribution is 2.51. The van der Waals surface area contributed by atoms with Gasteiger partial charge in [0.15, 0.2) is 0 Å². The zero-order valence-corrected chi connectivity index (χ0v) is 10.5. The highest BCUT2D eigenvalue weighted by atomic mass is 19.3. The number of alkyl carbamates (subject to hydrolysis) is 1. The molecule has 0 aliphatic heterocycles. The number of hydrogen-bond donors (Lipinski definition) is 2. The van der Waals surface area contributed by atoms with Crippen LogP contribution in [0.5, 0.6) is 0 Å². The van der Waals surface area contributed by atoms with Gasteiger partial charge in [0, 0.05) is 19.4 Å². The van der Waals surface area contributed by atoms with Crippen LogP contribution in [0.25, 0.3) is 0 Å². The van der Waals surface area contributed by atoms with E-state index >= 15 is 0 Å². The number of aliphatic carboxylic acids is 1. The summed E-state index contributed by atoms with van der Waals surface area (Å²) in [6.45, 7) is 4.60. The molecule has 0 aromatic carbocycles. The number of amides is 1. The second-order valence-electron chi connectivity index (χ2n) is 5.65. The van der Waals surface area contributed by atoms with E-state index in [1.807, 2.05) is 0 Å². The standard InChI is InChI=1S/C11H17F2NO4/c1-9(2,3)18-8(17)14-6-10(7(15)16)4-11(12,13)5-10/h4-6H2,1-3H3,(H,14,17)(H,15,16). The third kappa shape index (κ3) is 3.54. The van der Waals surface area contributed by atoms with E-state index in [1.54, 1.807) is 20.8 Å². The van der Waals surface area contributed by atoms with Crippen molar-refractivity contribution in [1.29, 1.82) is 0 Å². The number of ether oxygens (including phenoxy) is 1. The Morgan fingerprint density at radius 3 is 2.17 bits per heavy atom. The SMILES string of the molecule is CC(C)(C)OC(=O)NCC1(C(=O)O)CC(F)(F)C1. The number of nitrogens with one attached hydrogen (secondary N) is 1. The summed E-state index contributed by atoms with van der Waals surface area (Å²) in [5, 5.41) is 11.2. The summed E-state index contributed by atoms with van der Waals surface area (Å²) >= 11 is 0. The Morgan fingerprint density at radius 1 is 1.33 bits per heavy atom. The molecule has 0 spiro atoms. The highest BCUT2D eigenvalue weighted by molar-refractivity contribution is 5.78. The fourth-order valence-electron chi connectivity index (χ4n) is 1.85. The highest BCUT2D eigenvalue weighted by Gasteiger charge is 2.61. The predicted molar refractivity (Wildman–Crippen MR) is 58.5 cm³/mol.